The van der Waals surface area contributed by atoms with Crippen molar-refractivity contribution < 1.29 is 24.2 Å². The Morgan fingerprint density at radius 3 is 2.40 bits per heavy atom. The first-order valence-electron chi connectivity index (χ1n) is 17.0. The summed E-state index contributed by atoms with van der Waals surface area (Å²) in [6.07, 6.45) is 2.08. The largest absolute Gasteiger partial charge is 0 e. The van der Waals surface area contributed by atoms with E-state index in [1.165, 1.54) is 14.5 Å². The second kappa shape index (κ2) is 14.8. The molecule has 0 fully saturated rings. The van der Waals surface area contributed by atoms with Crippen LogP contribution in [0.5, 0.6) is 0 Å². The summed E-state index contributed by atoms with van der Waals surface area (Å²) in [4.78, 5) is 9.09. The topological polar surface area (TPSA) is 25.8 Å². The zero-order valence-corrected chi connectivity index (χ0v) is 33.0. The molecular formula is C42H40GeIrN2S-2. The molecule has 7 aromatic rings. The fourth-order valence-electron chi connectivity index (χ4n) is 5.43. The zero-order chi connectivity index (χ0) is 35.1. The van der Waals surface area contributed by atoms with Gasteiger partial charge in [-0.25, -0.2) is 0 Å². The molecule has 0 aliphatic rings. The first-order valence-corrected chi connectivity index (χ1v) is 23.7. The molecule has 3 aromatic heterocycles. The van der Waals surface area contributed by atoms with Gasteiger partial charge in [-0.2, -0.15) is 11.3 Å². The van der Waals surface area contributed by atoms with Gasteiger partial charge >= 0.3 is 99.8 Å². The van der Waals surface area contributed by atoms with E-state index in [1.807, 2.05) is 62.5 Å². The predicted molar refractivity (Wildman–Crippen MR) is 203 cm³/mol. The number of pyridine rings is 2. The fourth-order valence-corrected chi connectivity index (χ4v) is 8.84. The Morgan fingerprint density at radius 2 is 1.72 bits per heavy atom. The van der Waals surface area contributed by atoms with Crippen LogP contribution >= 0.6 is 11.3 Å². The van der Waals surface area contributed by atoms with E-state index in [-0.39, 0.29) is 20.1 Å². The number of hydrogen-bond acceptors (Lipinski definition) is 3. The average Bonchev–Trinajstić information content (AvgIpc) is 3.44. The van der Waals surface area contributed by atoms with Crippen LogP contribution in [0.1, 0.15) is 41.9 Å². The van der Waals surface area contributed by atoms with Gasteiger partial charge in [0.2, 0.25) is 0 Å². The molecule has 0 spiro atoms. The Kier molecular flexibility index (Phi) is 9.72. The summed E-state index contributed by atoms with van der Waals surface area (Å²) in [6, 6.07) is 37.0. The number of aromatic nitrogens is 2. The maximum atomic E-state index is 8.39. The molecule has 7 rings (SSSR count). The van der Waals surface area contributed by atoms with Gasteiger partial charge < -0.3 is 4.98 Å². The van der Waals surface area contributed by atoms with Crippen molar-refractivity contribution in [3.63, 3.8) is 0 Å². The normalized spacial score (nSPS) is 12.9. The van der Waals surface area contributed by atoms with E-state index in [0.717, 1.165) is 43.2 Å². The first-order chi connectivity index (χ1) is 23.1. The average molecular weight is 873 g/mol. The smallest absolute Gasteiger partial charge is 0 e. The second-order valence-corrected chi connectivity index (χ2v) is 24.6. The molecule has 0 saturated heterocycles. The Bertz CT molecular complexity index is 2310. The molecule has 0 aliphatic heterocycles. The van der Waals surface area contributed by atoms with Gasteiger partial charge in [0.15, 0.2) is 0 Å². The van der Waals surface area contributed by atoms with Gasteiger partial charge in [0, 0.05) is 35.1 Å². The molecule has 2 nitrogen and oxygen atoms in total. The molecule has 0 saturated carbocycles. The summed E-state index contributed by atoms with van der Waals surface area (Å²) >= 11 is -0.0144. The molecule has 5 heteroatoms. The van der Waals surface area contributed by atoms with Gasteiger partial charge in [-0.15, -0.1) is 23.8 Å². The van der Waals surface area contributed by atoms with E-state index in [9.17, 15) is 0 Å². The van der Waals surface area contributed by atoms with E-state index in [0.29, 0.717) is 16.8 Å². The summed E-state index contributed by atoms with van der Waals surface area (Å²) in [5.74, 6) is 6.50. The van der Waals surface area contributed by atoms with Crippen molar-refractivity contribution in [2.24, 2.45) is 0 Å². The number of allylic oxidation sites excluding steroid dienone is 1. The van der Waals surface area contributed by atoms with E-state index in [2.05, 4.69) is 88.4 Å². The zero-order valence-electron chi connectivity index (χ0n) is 30.7. The number of benzene rings is 4. The molecule has 47 heavy (non-hydrogen) atoms. The Balaban J connectivity index is 0.000000241. The minimum atomic E-state index is -1.72. The van der Waals surface area contributed by atoms with E-state index in [4.69, 9.17) is 4.11 Å². The van der Waals surface area contributed by atoms with Gasteiger partial charge in [-0.3, -0.25) is 0 Å². The van der Waals surface area contributed by atoms with Crippen LogP contribution in [0.25, 0.3) is 53.5 Å². The monoisotopic (exact) mass is 874 g/mol. The summed E-state index contributed by atoms with van der Waals surface area (Å²) in [5.41, 5.74) is 5.67. The fraction of sp³-hybridized carbons (Fsp3) is 0.190. The SMILES string of the molecule is [2H]C(C)(C)c1ccc2cc3c(cc2c1)sc1c(-c2cc(C([2H])([2H])C(=C)C)ccn2)[c-]ccc13.[CH3][Ge]([CH3])([CH3])[c]1ccc(-c2[c-]cccc2)nc1.[Ir]. The van der Waals surface area contributed by atoms with Crippen molar-refractivity contribution in [1.82, 2.24) is 9.97 Å². The molecule has 239 valence electrons. The molecule has 3 heterocycles. The van der Waals surface area contributed by atoms with Gasteiger partial charge in [-0.05, 0) is 75.1 Å². The van der Waals surface area contributed by atoms with Gasteiger partial charge in [0.25, 0.3) is 0 Å². The summed E-state index contributed by atoms with van der Waals surface area (Å²) in [6.45, 7) is 9.34. The van der Waals surface area contributed by atoms with Crippen molar-refractivity contribution in [2.45, 2.75) is 50.3 Å². The minimum absolute atomic E-state index is 0. The summed E-state index contributed by atoms with van der Waals surface area (Å²) in [7, 11) is 0. The number of rotatable bonds is 6. The Labute approximate surface area is 303 Å². The van der Waals surface area contributed by atoms with Crippen LogP contribution in [0, 0.1) is 12.1 Å². The summed E-state index contributed by atoms with van der Waals surface area (Å²) < 4.78 is 28.9. The molecule has 4 aromatic carbocycles. The third-order valence-electron chi connectivity index (χ3n) is 7.96. The molecule has 0 amide bonds. The number of fused-ring (bicyclic) bond motifs is 4. The van der Waals surface area contributed by atoms with Crippen LogP contribution in [-0.2, 0) is 26.5 Å². The summed E-state index contributed by atoms with van der Waals surface area (Å²) in [5, 5.41) is 4.61. The molecule has 0 N–H and O–H groups in total. The van der Waals surface area contributed by atoms with Crippen molar-refractivity contribution in [3.05, 3.63) is 139 Å². The number of thiophene rings is 1. The Morgan fingerprint density at radius 1 is 0.894 bits per heavy atom. The molecule has 0 atom stereocenters. The maximum Gasteiger partial charge on any atom is 0 e. The standard InChI is InChI=1S/C28H24NS.C14H16GeN.Ir/c1-17(2)12-19-10-11-29-26(13-19)24-7-5-6-23-25-15-21-9-8-20(18(3)4)14-22(21)16-27(25)30-28(23)24;1-15(2,3)13-9-10-14(16-11-13)12-7-5-4-6-8-12;/h5-6,8-11,13-16,18H,1,12H2,2-4H3;4-7,9-11H,1-3H3;/q2*-1;/i12D2,18D;;. The molecule has 0 bridgehead atoms. The Hall–Kier alpha value is -3.41. The van der Waals surface area contributed by atoms with Crippen LogP contribution in [-0.4, -0.2) is 23.2 Å². The predicted octanol–water partition coefficient (Wildman–Crippen LogP) is 11.4. The van der Waals surface area contributed by atoms with E-state index < -0.39 is 25.5 Å². The van der Waals surface area contributed by atoms with Crippen LogP contribution < -0.4 is 4.40 Å². The van der Waals surface area contributed by atoms with Crippen LogP contribution in [0.4, 0.5) is 0 Å². The number of hydrogen-bond donors (Lipinski definition) is 0. The van der Waals surface area contributed by atoms with Gasteiger partial charge in [-0.1, -0.05) is 55.7 Å². The first kappa shape index (κ1) is 30.9. The van der Waals surface area contributed by atoms with Crippen molar-refractivity contribution in [3.8, 4) is 22.5 Å². The quantitative estimate of drug-likeness (QED) is 0.0945. The molecule has 1 radical (unpaired) electrons. The van der Waals surface area contributed by atoms with E-state index >= 15 is 0 Å². The van der Waals surface area contributed by atoms with Crippen LogP contribution in [0.3, 0.4) is 0 Å². The number of nitrogens with zero attached hydrogens (tertiary/aromatic N) is 2. The van der Waals surface area contributed by atoms with Crippen molar-refractivity contribution in [2.75, 3.05) is 0 Å². The molecule has 0 aliphatic carbocycles. The van der Waals surface area contributed by atoms with E-state index in [1.54, 1.807) is 30.5 Å². The van der Waals surface area contributed by atoms with Crippen LogP contribution in [0.2, 0.25) is 17.3 Å². The minimum Gasteiger partial charge on any atom is 0 e. The van der Waals surface area contributed by atoms with Crippen LogP contribution in [0.15, 0.2) is 116 Å². The molecule has 0 unspecified atom stereocenters. The molecular weight excluding hydrogens is 829 g/mol. The second-order valence-electron chi connectivity index (χ2n) is 12.9. The van der Waals surface area contributed by atoms with Gasteiger partial charge in [0.05, 0.1) is 0 Å². The van der Waals surface area contributed by atoms with Crippen molar-refractivity contribution >= 4 is 59.9 Å². The maximum absolute atomic E-state index is 8.39. The third kappa shape index (κ3) is 8.01. The van der Waals surface area contributed by atoms with Crippen molar-refractivity contribution in [1.29, 1.82) is 0 Å². The van der Waals surface area contributed by atoms with Gasteiger partial charge in [0.1, 0.15) is 0 Å². The third-order valence-corrected chi connectivity index (χ3v) is 13.4.